The minimum atomic E-state index is -0.439. The number of rotatable bonds is 10. The summed E-state index contributed by atoms with van der Waals surface area (Å²) in [5.74, 6) is 1.23. The van der Waals surface area contributed by atoms with Crippen LogP contribution >= 0.6 is 0 Å². The number of pyridine rings is 1. The molecule has 0 spiro atoms. The van der Waals surface area contributed by atoms with E-state index < -0.39 is 5.60 Å². The Morgan fingerprint density at radius 2 is 1.82 bits per heavy atom. The number of benzene rings is 2. The molecule has 0 aliphatic heterocycles. The molecule has 0 unspecified atom stereocenters. The second-order valence-corrected chi connectivity index (χ2v) is 8.86. The third-order valence-electron chi connectivity index (χ3n) is 5.68. The number of nitrogen functional groups attached to an aromatic ring is 1. The fraction of sp³-hybridized carbons (Fsp3) is 0.385. The number of hydrogen-bond acceptors (Lipinski definition) is 6. The van der Waals surface area contributed by atoms with E-state index in [1.54, 1.807) is 0 Å². The minimum absolute atomic E-state index is 0.394. The predicted molar refractivity (Wildman–Crippen MR) is 133 cm³/mol. The molecule has 0 saturated carbocycles. The van der Waals surface area contributed by atoms with Crippen molar-refractivity contribution in [1.29, 1.82) is 0 Å². The lowest BCUT2D eigenvalue weighted by Crippen LogP contribution is -2.33. The average molecular weight is 448 g/mol. The first-order valence-corrected chi connectivity index (χ1v) is 11.4. The van der Waals surface area contributed by atoms with Gasteiger partial charge in [-0.3, -0.25) is 0 Å². The number of aromatic nitrogens is 3. The van der Waals surface area contributed by atoms with E-state index in [0.29, 0.717) is 44.2 Å². The number of anilines is 1. The fourth-order valence-electron chi connectivity index (χ4n) is 4.18. The van der Waals surface area contributed by atoms with Crippen LogP contribution in [0.3, 0.4) is 0 Å². The number of nitrogens with two attached hydrogens (primary N) is 2. The van der Waals surface area contributed by atoms with Crippen molar-refractivity contribution in [2.45, 2.75) is 45.9 Å². The molecule has 2 aromatic heterocycles. The van der Waals surface area contributed by atoms with E-state index in [0.717, 1.165) is 28.7 Å². The molecule has 0 atom stereocenters. The third-order valence-corrected chi connectivity index (χ3v) is 5.68. The van der Waals surface area contributed by atoms with Gasteiger partial charge in [0.25, 0.3) is 0 Å². The van der Waals surface area contributed by atoms with Crippen molar-refractivity contribution >= 4 is 27.8 Å². The Hall–Kier alpha value is -3.00. The van der Waals surface area contributed by atoms with Crippen LogP contribution in [0.15, 0.2) is 48.5 Å². The van der Waals surface area contributed by atoms with E-state index in [9.17, 15) is 0 Å². The standard InChI is InChI=1S/C26H33N5O2/c1-4-32-16-22-30-23-24(31(22)17-26(2,3)33-13-12-27)20-11-10-19(15-21(20)29-25(23)28)14-18-8-6-5-7-9-18/h5-11,15H,4,12-14,16-17,27H2,1-3H3,(H2,28,29). The topological polar surface area (TPSA) is 101 Å². The van der Waals surface area contributed by atoms with Crippen molar-refractivity contribution in [2.75, 3.05) is 25.5 Å². The van der Waals surface area contributed by atoms with Crippen LogP contribution in [0.25, 0.3) is 21.9 Å². The molecule has 0 fully saturated rings. The van der Waals surface area contributed by atoms with Crippen molar-refractivity contribution in [3.63, 3.8) is 0 Å². The maximum atomic E-state index is 6.40. The number of hydrogen-bond donors (Lipinski definition) is 2. The monoisotopic (exact) mass is 447 g/mol. The summed E-state index contributed by atoms with van der Waals surface area (Å²) in [7, 11) is 0. The van der Waals surface area contributed by atoms with Gasteiger partial charge in [0.05, 0.1) is 29.8 Å². The molecule has 174 valence electrons. The van der Waals surface area contributed by atoms with Crippen LogP contribution in [0.2, 0.25) is 0 Å². The van der Waals surface area contributed by atoms with Crippen LogP contribution < -0.4 is 11.5 Å². The van der Waals surface area contributed by atoms with E-state index >= 15 is 0 Å². The molecule has 33 heavy (non-hydrogen) atoms. The number of imidazole rings is 1. The van der Waals surface area contributed by atoms with E-state index in [1.165, 1.54) is 11.1 Å². The molecule has 2 heterocycles. The van der Waals surface area contributed by atoms with Gasteiger partial charge in [-0.05, 0) is 44.4 Å². The predicted octanol–water partition coefficient (Wildman–Crippen LogP) is 4.05. The van der Waals surface area contributed by atoms with Crippen LogP contribution in [-0.4, -0.2) is 39.9 Å². The molecule has 7 heteroatoms. The lowest BCUT2D eigenvalue weighted by atomic mass is 10.0. The molecular weight excluding hydrogens is 414 g/mol. The van der Waals surface area contributed by atoms with Gasteiger partial charge in [-0.1, -0.05) is 42.5 Å². The summed E-state index contributed by atoms with van der Waals surface area (Å²) in [4.78, 5) is 9.52. The van der Waals surface area contributed by atoms with Gasteiger partial charge in [-0.25, -0.2) is 9.97 Å². The van der Waals surface area contributed by atoms with Crippen molar-refractivity contribution in [3.05, 3.63) is 65.5 Å². The van der Waals surface area contributed by atoms with Gasteiger partial charge < -0.3 is 25.5 Å². The molecule has 0 aliphatic rings. The zero-order valence-electron chi connectivity index (χ0n) is 19.7. The van der Waals surface area contributed by atoms with Gasteiger partial charge in [0.15, 0.2) is 5.82 Å². The normalized spacial score (nSPS) is 12.1. The first kappa shape index (κ1) is 23.2. The molecule has 4 N–H and O–H groups in total. The Morgan fingerprint density at radius 3 is 2.55 bits per heavy atom. The quantitative estimate of drug-likeness (QED) is 0.380. The van der Waals surface area contributed by atoms with Gasteiger partial charge in [0.2, 0.25) is 0 Å². The van der Waals surface area contributed by atoms with E-state index in [1.807, 2.05) is 13.0 Å². The molecule has 0 aliphatic carbocycles. The molecule has 0 amide bonds. The Morgan fingerprint density at radius 1 is 1.03 bits per heavy atom. The molecule has 0 saturated heterocycles. The second-order valence-electron chi connectivity index (χ2n) is 8.86. The molecule has 0 radical (unpaired) electrons. The SMILES string of the molecule is CCOCc1nc2c(N)nc3cc(Cc4ccccc4)ccc3c2n1CC(C)(C)OCCN. The molecule has 4 rings (SSSR count). The molecule has 2 aromatic carbocycles. The Balaban J connectivity index is 1.83. The largest absolute Gasteiger partial charge is 0.382 e. The summed E-state index contributed by atoms with van der Waals surface area (Å²) < 4.78 is 13.9. The molecule has 7 nitrogen and oxygen atoms in total. The van der Waals surface area contributed by atoms with Crippen molar-refractivity contribution in [1.82, 2.24) is 14.5 Å². The minimum Gasteiger partial charge on any atom is -0.382 e. The number of nitrogens with zero attached hydrogens (tertiary/aromatic N) is 3. The first-order valence-electron chi connectivity index (χ1n) is 11.4. The van der Waals surface area contributed by atoms with E-state index in [2.05, 4.69) is 60.9 Å². The Bertz CT molecular complexity index is 1230. The van der Waals surface area contributed by atoms with Gasteiger partial charge in [0, 0.05) is 18.5 Å². The summed E-state index contributed by atoms with van der Waals surface area (Å²) in [5.41, 5.74) is 16.6. The highest BCUT2D eigenvalue weighted by molar-refractivity contribution is 6.06. The first-order chi connectivity index (χ1) is 15.9. The molecule has 0 bridgehead atoms. The zero-order chi connectivity index (χ0) is 23.4. The van der Waals surface area contributed by atoms with Gasteiger partial charge >= 0.3 is 0 Å². The fourth-order valence-corrected chi connectivity index (χ4v) is 4.18. The van der Waals surface area contributed by atoms with Crippen molar-refractivity contribution in [2.24, 2.45) is 5.73 Å². The zero-order valence-corrected chi connectivity index (χ0v) is 19.7. The maximum Gasteiger partial charge on any atom is 0.152 e. The molecule has 4 aromatic rings. The number of ether oxygens (including phenoxy) is 2. The van der Waals surface area contributed by atoms with Crippen LogP contribution in [-0.2, 0) is 29.0 Å². The van der Waals surface area contributed by atoms with Gasteiger partial charge in [0.1, 0.15) is 17.9 Å². The summed E-state index contributed by atoms with van der Waals surface area (Å²) in [6, 6.07) is 16.8. The Kier molecular flexibility index (Phi) is 6.93. The third kappa shape index (κ3) is 5.16. The van der Waals surface area contributed by atoms with Gasteiger partial charge in [-0.2, -0.15) is 0 Å². The van der Waals surface area contributed by atoms with Crippen LogP contribution in [0.1, 0.15) is 37.7 Å². The van der Waals surface area contributed by atoms with Crippen LogP contribution in [0.5, 0.6) is 0 Å². The smallest absolute Gasteiger partial charge is 0.152 e. The summed E-state index contributed by atoms with van der Waals surface area (Å²) in [6.07, 6.45) is 0.839. The van der Waals surface area contributed by atoms with Crippen LogP contribution in [0, 0.1) is 0 Å². The average Bonchev–Trinajstić information content (AvgIpc) is 3.15. The van der Waals surface area contributed by atoms with Crippen molar-refractivity contribution < 1.29 is 9.47 Å². The van der Waals surface area contributed by atoms with Crippen molar-refractivity contribution in [3.8, 4) is 0 Å². The lowest BCUT2D eigenvalue weighted by molar-refractivity contribution is -0.0258. The van der Waals surface area contributed by atoms with E-state index in [-0.39, 0.29) is 0 Å². The highest BCUT2D eigenvalue weighted by atomic mass is 16.5. The maximum absolute atomic E-state index is 6.40. The summed E-state index contributed by atoms with van der Waals surface area (Å²) in [6.45, 7) is 8.65. The van der Waals surface area contributed by atoms with Crippen LogP contribution in [0.4, 0.5) is 5.82 Å². The highest BCUT2D eigenvalue weighted by Crippen LogP contribution is 2.31. The Labute approximate surface area is 194 Å². The number of fused-ring (bicyclic) bond motifs is 3. The highest BCUT2D eigenvalue weighted by Gasteiger charge is 2.25. The lowest BCUT2D eigenvalue weighted by Gasteiger charge is -2.27. The van der Waals surface area contributed by atoms with E-state index in [4.69, 9.17) is 30.9 Å². The van der Waals surface area contributed by atoms with Gasteiger partial charge in [-0.15, -0.1) is 0 Å². The summed E-state index contributed by atoms with van der Waals surface area (Å²) in [5, 5.41) is 1.01. The summed E-state index contributed by atoms with van der Waals surface area (Å²) >= 11 is 0. The molecular formula is C26H33N5O2. The second kappa shape index (κ2) is 9.87.